The summed E-state index contributed by atoms with van der Waals surface area (Å²) < 4.78 is 5.46. The van der Waals surface area contributed by atoms with Crippen LogP contribution in [0.15, 0.2) is 0 Å². The third-order valence-electron chi connectivity index (χ3n) is 5.51. The number of rotatable bonds is 3. The normalized spacial score (nSPS) is 33.6. The Morgan fingerprint density at radius 3 is 2.15 bits per heavy atom. The predicted octanol–water partition coefficient (Wildman–Crippen LogP) is 2.92. The van der Waals surface area contributed by atoms with E-state index in [-0.39, 0.29) is 11.6 Å². The van der Waals surface area contributed by atoms with Crippen LogP contribution in [0.5, 0.6) is 0 Å². The molecule has 0 aromatic heterocycles. The van der Waals surface area contributed by atoms with Crippen LogP contribution in [-0.2, 0) is 4.74 Å². The molecule has 1 aliphatic carbocycles. The lowest BCUT2D eigenvalue weighted by Crippen LogP contribution is -2.51. The zero-order valence-corrected chi connectivity index (χ0v) is 14.0. The number of ether oxygens (including phenoxy) is 1. The topological polar surface area (TPSA) is 32.7 Å². The molecular weight excluding hydrogens is 250 g/mol. The molecule has 0 bridgehead atoms. The van der Waals surface area contributed by atoms with Gasteiger partial charge in [0.15, 0.2) is 0 Å². The molecule has 1 heterocycles. The minimum Gasteiger partial charge on any atom is -0.393 e. The molecule has 3 heteroatoms. The second-order valence-corrected chi connectivity index (χ2v) is 8.48. The number of morpholine rings is 1. The van der Waals surface area contributed by atoms with Gasteiger partial charge < -0.3 is 9.84 Å². The lowest BCUT2D eigenvalue weighted by atomic mass is 9.78. The van der Waals surface area contributed by atoms with E-state index in [0.29, 0.717) is 17.3 Å². The van der Waals surface area contributed by atoms with E-state index in [1.165, 1.54) is 6.42 Å². The second-order valence-electron chi connectivity index (χ2n) is 8.48. The van der Waals surface area contributed by atoms with Crippen LogP contribution >= 0.6 is 0 Å². The molecule has 1 N–H and O–H groups in total. The van der Waals surface area contributed by atoms with Crippen LogP contribution in [0, 0.1) is 17.3 Å². The highest BCUT2D eigenvalue weighted by molar-refractivity contribution is 4.94. The number of hydrogen-bond acceptors (Lipinski definition) is 3. The molecular formula is C17H33NO2. The van der Waals surface area contributed by atoms with Crippen molar-refractivity contribution in [1.29, 1.82) is 0 Å². The van der Waals surface area contributed by atoms with Crippen molar-refractivity contribution >= 4 is 0 Å². The minimum atomic E-state index is -0.112. The summed E-state index contributed by atoms with van der Waals surface area (Å²) in [5, 5.41) is 10.4. The first-order valence-corrected chi connectivity index (χ1v) is 8.21. The molecule has 1 saturated heterocycles. The highest BCUT2D eigenvalue weighted by atomic mass is 16.5. The first-order valence-electron chi connectivity index (χ1n) is 8.21. The highest BCUT2D eigenvalue weighted by Gasteiger charge is 2.42. The van der Waals surface area contributed by atoms with E-state index in [9.17, 15) is 5.11 Å². The van der Waals surface area contributed by atoms with Gasteiger partial charge in [-0.15, -0.1) is 0 Å². The molecule has 118 valence electrons. The van der Waals surface area contributed by atoms with Crippen molar-refractivity contribution in [2.75, 3.05) is 26.3 Å². The Balaban J connectivity index is 1.95. The lowest BCUT2D eigenvalue weighted by molar-refractivity contribution is -0.0244. The van der Waals surface area contributed by atoms with Gasteiger partial charge in [-0.2, -0.15) is 0 Å². The van der Waals surface area contributed by atoms with E-state index in [0.717, 1.165) is 39.1 Å². The summed E-state index contributed by atoms with van der Waals surface area (Å²) in [5.74, 6) is 1.11. The molecule has 1 saturated carbocycles. The molecule has 0 amide bonds. The van der Waals surface area contributed by atoms with Gasteiger partial charge in [0.1, 0.15) is 0 Å². The van der Waals surface area contributed by atoms with Crippen molar-refractivity contribution in [2.45, 2.75) is 65.5 Å². The van der Waals surface area contributed by atoms with Crippen molar-refractivity contribution in [1.82, 2.24) is 4.90 Å². The average Bonchev–Trinajstić information content (AvgIpc) is 2.71. The summed E-state index contributed by atoms with van der Waals surface area (Å²) in [5.41, 5.74) is 0.487. The van der Waals surface area contributed by atoms with Crippen molar-refractivity contribution < 1.29 is 9.84 Å². The zero-order chi connectivity index (χ0) is 15.0. The number of aliphatic hydroxyl groups is 1. The molecule has 3 atom stereocenters. The Morgan fingerprint density at radius 1 is 1.05 bits per heavy atom. The monoisotopic (exact) mass is 283 g/mol. The van der Waals surface area contributed by atoms with Crippen molar-refractivity contribution in [2.24, 2.45) is 17.3 Å². The van der Waals surface area contributed by atoms with Gasteiger partial charge in [-0.25, -0.2) is 0 Å². The van der Waals surface area contributed by atoms with E-state index in [2.05, 4.69) is 39.5 Å². The van der Waals surface area contributed by atoms with Gasteiger partial charge in [-0.3, -0.25) is 4.90 Å². The van der Waals surface area contributed by atoms with Gasteiger partial charge in [-0.05, 0) is 50.4 Å². The van der Waals surface area contributed by atoms with Crippen LogP contribution in [0.1, 0.15) is 53.9 Å². The van der Waals surface area contributed by atoms with Crippen molar-refractivity contribution in [3.8, 4) is 0 Å². The molecule has 0 aromatic carbocycles. The molecule has 0 aromatic rings. The van der Waals surface area contributed by atoms with Gasteiger partial charge >= 0.3 is 0 Å². The van der Waals surface area contributed by atoms with Crippen molar-refractivity contribution in [3.05, 3.63) is 0 Å². The summed E-state index contributed by atoms with van der Waals surface area (Å²) in [4.78, 5) is 2.54. The summed E-state index contributed by atoms with van der Waals surface area (Å²) >= 11 is 0. The third-order valence-corrected chi connectivity index (χ3v) is 5.51. The number of aliphatic hydroxyl groups excluding tert-OH is 1. The smallest absolute Gasteiger partial charge is 0.0594 e. The summed E-state index contributed by atoms with van der Waals surface area (Å²) in [7, 11) is 0. The molecule has 20 heavy (non-hydrogen) atoms. The fraction of sp³-hybridized carbons (Fsp3) is 1.00. The molecule has 1 aliphatic heterocycles. The van der Waals surface area contributed by atoms with Crippen LogP contribution in [0.3, 0.4) is 0 Å². The summed E-state index contributed by atoms with van der Waals surface area (Å²) in [6.45, 7) is 15.3. The van der Waals surface area contributed by atoms with Crippen LogP contribution < -0.4 is 0 Å². The Morgan fingerprint density at radius 2 is 1.65 bits per heavy atom. The zero-order valence-electron chi connectivity index (χ0n) is 14.0. The van der Waals surface area contributed by atoms with Crippen LogP contribution in [0.4, 0.5) is 0 Å². The van der Waals surface area contributed by atoms with E-state index in [1.807, 2.05) is 0 Å². The minimum absolute atomic E-state index is 0.112. The molecule has 0 radical (unpaired) electrons. The largest absolute Gasteiger partial charge is 0.393 e. The second kappa shape index (κ2) is 5.94. The molecule has 2 rings (SSSR count). The SMILES string of the molecule is CC(C)(C)C1CC(O)C(CC(C)(C)N2CCOCC2)C1. The maximum Gasteiger partial charge on any atom is 0.0594 e. The van der Waals surface area contributed by atoms with Crippen LogP contribution in [0.2, 0.25) is 0 Å². The Kier molecular flexibility index (Phi) is 4.83. The third kappa shape index (κ3) is 3.75. The first-order chi connectivity index (χ1) is 9.20. The lowest BCUT2D eigenvalue weighted by Gasteiger charge is -2.42. The Labute approximate surface area is 124 Å². The van der Waals surface area contributed by atoms with E-state index in [4.69, 9.17) is 4.74 Å². The van der Waals surface area contributed by atoms with Gasteiger partial charge in [0.25, 0.3) is 0 Å². The van der Waals surface area contributed by atoms with E-state index < -0.39 is 0 Å². The maximum atomic E-state index is 10.4. The van der Waals surface area contributed by atoms with Crippen LogP contribution in [-0.4, -0.2) is 48.0 Å². The summed E-state index contributed by atoms with van der Waals surface area (Å²) in [6.07, 6.45) is 3.14. The van der Waals surface area contributed by atoms with Gasteiger partial charge in [0, 0.05) is 18.6 Å². The van der Waals surface area contributed by atoms with Crippen LogP contribution in [0.25, 0.3) is 0 Å². The van der Waals surface area contributed by atoms with E-state index in [1.54, 1.807) is 0 Å². The average molecular weight is 283 g/mol. The van der Waals surface area contributed by atoms with Gasteiger partial charge in [-0.1, -0.05) is 20.8 Å². The molecule has 0 spiro atoms. The fourth-order valence-corrected chi connectivity index (χ4v) is 3.97. The highest BCUT2D eigenvalue weighted by Crippen LogP contribution is 2.45. The van der Waals surface area contributed by atoms with Gasteiger partial charge in [0.2, 0.25) is 0 Å². The van der Waals surface area contributed by atoms with Crippen molar-refractivity contribution in [3.63, 3.8) is 0 Å². The Bertz CT molecular complexity index is 315. The Hall–Kier alpha value is -0.120. The molecule has 3 unspecified atom stereocenters. The fourth-order valence-electron chi connectivity index (χ4n) is 3.97. The maximum absolute atomic E-state index is 10.4. The van der Waals surface area contributed by atoms with E-state index >= 15 is 0 Å². The quantitative estimate of drug-likeness (QED) is 0.864. The molecule has 2 aliphatic rings. The first kappa shape index (κ1) is 16.3. The predicted molar refractivity (Wildman–Crippen MR) is 82.8 cm³/mol. The molecule has 3 nitrogen and oxygen atoms in total. The molecule has 2 fully saturated rings. The standard InChI is InChI=1S/C17H33NO2/c1-16(2,3)14-10-13(15(19)11-14)12-17(4,5)18-6-8-20-9-7-18/h13-15,19H,6-12H2,1-5H3. The summed E-state index contributed by atoms with van der Waals surface area (Å²) in [6, 6.07) is 0. The number of hydrogen-bond donors (Lipinski definition) is 1. The number of nitrogens with zero attached hydrogens (tertiary/aromatic N) is 1. The van der Waals surface area contributed by atoms with Gasteiger partial charge in [0.05, 0.1) is 19.3 Å².